The van der Waals surface area contributed by atoms with Crippen LogP contribution in [0.2, 0.25) is 0 Å². The topological polar surface area (TPSA) is 35.9 Å². The van der Waals surface area contributed by atoms with E-state index in [0.717, 1.165) is 44.2 Å². The van der Waals surface area contributed by atoms with E-state index in [1.165, 1.54) is 0 Å². The second-order valence-electron chi connectivity index (χ2n) is 4.81. The van der Waals surface area contributed by atoms with Crippen molar-refractivity contribution in [3.05, 3.63) is 24.3 Å². The molecule has 1 aromatic rings. The zero-order valence-corrected chi connectivity index (χ0v) is 11.2. The summed E-state index contributed by atoms with van der Waals surface area (Å²) in [6.45, 7) is 6.54. The second-order valence-corrected chi connectivity index (χ2v) is 4.81. The molecule has 1 aromatic carbocycles. The number of benzene rings is 1. The fourth-order valence-electron chi connectivity index (χ4n) is 2.44. The van der Waals surface area contributed by atoms with Gasteiger partial charge < -0.3 is 14.7 Å². The normalized spacial score (nSPS) is 18.7. The molecule has 0 aromatic heterocycles. The molecule has 100 valence electrons. The minimum atomic E-state index is -0.247. The van der Waals surface area contributed by atoms with E-state index in [0.29, 0.717) is 0 Å². The number of rotatable bonds is 4. The Labute approximate surface area is 109 Å². The molecule has 18 heavy (non-hydrogen) atoms. The maximum absolute atomic E-state index is 9.39. The van der Waals surface area contributed by atoms with E-state index in [9.17, 15) is 5.11 Å². The van der Waals surface area contributed by atoms with Crippen molar-refractivity contribution < 1.29 is 9.84 Å². The van der Waals surface area contributed by atoms with Crippen LogP contribution >= 0.6 is 0 Å². The van der Waals surface area contributed by atoms with Gasteiger partial charge in [0, 0.05) is 32.7 Å². The summed E-state index contributed by atoms with van der Waals surface area (Å²) in [6, 6.07) is 8.13. The van der Waals surface area contributed by atoms with Gasteiger partial charge >= 0.3 is 0 Å². The van der Waals surface area contributed by atoms with Crippen LogP contribution in [0.15, 0.2) is 24.3 Å². The van der Waals surface area contributed by atoms with E-state index in [1.807, 2.05) is 25.1 Å². The molecule has 2 rings (SSSR count). The Balaban J connectivity index is 1.97. The lowest BCUT2D eigenvalue weighted by Gasteiger charge is -2.37. The van der Waals surface area contributed by atoms with E-state index in [2.05, 4.69) is 15.9 Å². The highest BCUT2D eigenvalue weighted by Crippen LogP contribution is 2.28. The molecule has 0 bridgehead atoms. The molecule has 1 unspecified atom stereocenters. The molecule has 4 heteroatoms. The molecule has 1 fully saturated rings. The zero-order valence-electron chi connectivity index (χ0n) is 11.2. The van der Waals surface area contributed by atoms with Gasteiger partial charge in [-0.25, -0.2) is 0 Å². The van der Waals surface area contributed by atoms with Gasteiger partial charge in [-0.2, -0.15) is 0 Å². The second kappa shape index (κ2) is 6.07. The number of piperazine rings is 1. The largest absolute Gasteiger partial charge is 0.495 e. The van der Waals surface area contributed by atoms with Crippen molar-refractivity contribution in [1.29, 1.82) is 0 Å². The van der Waals surface area contributed by atoms with Crippen LogP contribution in [0.5, 0.6) is 5.75 Å². The van der Waals surface area contributed by atoms with Crippen molar-refractivity contribution in [2.45, 2.75) is 13.0 Å². The summed E-state index contributed by atoms with van der Waals surface area (Å²) in [6.07, 6.45) is -0.247. The third kappa shape index (κ3) is 3.15. The number of methoxy groups -OCH3 is 1. The van der Waals surface area contributed by atoms with Crippen molar-refractivity contribution in [1.82, 2.24) is 4.90 Å². The van der Waals surface area contributed by atoms with Crippen molar-refractivity contribution >= 4 is 5.69 Å². The average molecular weight is 250 g/mol. The molecule has 1 heterocycles. The Bertz CT molecular complexity index is 374. The van der Waals surface area contributed by atoms with E-state index < -0.39 is 0 Å². The number of β-amino-alcohol motifs (C(OH)–C–C–N with tert-alkyl or cyclic N) is 1. The molecular formula is C14H22N2O2. The number of hydrogen-bond donors (Lipinski definition) is 1. The monoisotopic (exact) mass is 250 g/mol. The van der Waals surface area contributed by atoms with Gasteiger partial charge in [0.25, 0.3) is 0 Å². The molecule has 1 aliphatic rings. The molecule has 4 nitrogen and oxygen atoms in total. The molecule has 1 saturated heterocycles. The van der Waals surface area contributed by atoms with Crippen LogP contribution in [-0.4, -0.2) is 55.9 Å². The first-order valence-corrected chi connectivity index (χ1v) is 6.49. The maximum atomic E-state index is 9.39. The van der Waals surface area contributed by atoms with Gasteiger partial charge in [-0.15, -0.1) is 0 Å². The Hall–Kier alpha value is -1.26. The highest BCUT2D eigenvalue weighted by Gasteiger charge is 2.19. The first-order chi connectivity index (χ1) is 8.70. The van der Waals surface area contributed by atoms with E-state index >= 15 is 0 Å². The zero-order chi connectivity index (χ0) is 13.0. The average Bonchev–Trinajstić information content (AvgIpc) is 2.39. The molecule has 0 aliphatic carbocycles. The fraction of sp³-hybridized carbons (Fsp3) is 0.571. The Morgan fingerprint density at radius 2 is 1.89 bits per heavy atom. The standard InChI is InChI=1S/C14H22N2O2/c1-12(17)11-15-7-9-16(10-8-15)13-5-3-4-6-14(13)18-2/h3-6,12,17H,7-11H2,1-2H3. The van der Waals surface area contributed by atoms with Gasteiger partial charge in [0.1, 0.15) is 5.75 Å². The van der Waals surface area contributed by atoms with Crippen molar-refractivity contribution in [3.8, 4) is 5.75 Å². The van der Waals surface area contributed by atoms with Crippen LogP contribution in [0, 0.1) is 0 Å². The molecule has 0 radical (unpaired) electrons. The predicted octanol–water partition coefficient (Wildman–Crippen LogP) is 1.20. The van der Waals surface area contributed by atoms with Crippen molar-refractivity contribution in [2.75, 3.05) is 44.7 Å². The number of ether oxygens (including phenoxy) is 1. The molecule has 1 aliphatic heterocycles. The van der Waals surface area contributed by atoms with Crippen LogP contribution < -0.4 is 9.64 Å². The maximum Gasteiger partial charge on any atom is 0.142 e. The van der Waals surface area contributed by atoms with Crippen LogP contribution in [0.4, 0.5) is 5.69 Å². The summed E-state index contributed by atoms with van der Waals surface area (Å²) in [5, 5.41) is 9.39. The number of aliphatic hydroxyl groups is 1. The molecule has 1 N–H and O–H groups in total. The van der Waals surface area contributed by atoms with Gasteiger partial charge in [0.2, 0.25) is 0 Å². The molecule has 0 saturated carbocycles. The summed E-state index contributed by atoms with van der Waals surface area (Å²) in [4.78, 5) is 4.65. The lowest BCUT2D eigenvalue weighted by Crippen LogP contribution is -2.48. The number of hydrogen-bond acceptors (Lipinski definition) is 4. The van der Waals surface area contributed by atoms with Crippen LogP contribution in [0.25, 0.3) is 0 Å². The SMILES string of the molecule is COc1ccccc1N1CCN(CC(C)O)CC1. The Kier molecular flexibility index (Phi) is 4.44. The van der Waals surface area contributed by atoms with Crippen molar-refractivity contribution in [3.63, 3.8) is 0 Å². The molecule has 0 amide bonds. The number of anilines is 1. The third-order valence-corrected chi connectivity index (χ3v) is 3.32. The third-order valence-electron chi connectivity index (χ3n) is 3.32. The summed E-state index contributed by atoms with van der Waals surface area (Å²) >= 11 is 0. The summed E-state index contributed by atoms with van der Waals surface area (Å²) < 4.78 is 5.39. The Morgan fingerprint density at radius 3 is 2.50 bits per heavy atom. The van der Waals surface area contributed by atoms with Crippen LogP contribution in [0.3, 0.4) is 0 Å². The Morgan fingerprint density at radius 1 is 1.22 bits per heavy atom. The van der Waals surface area contributed by atoms with Gasteiger partial charge in [-0.3, -0.25) is 4.90 Å². The first kappa shape index (κ1) is 13.2. The predicted molar refractivity (Wildman–Crippen MR) is 73.3 cm³/mol. The van der Waals surface area contributed by atoms with E-state index in [4.69, 9.17) is 4.74 Å². The van der Waals surface area contributed by atoms with Gasteiger partial charge in [-0.1, -0.05) is 12.1 Å². The van der Waals surface area contributed by atoms with E-state index in [-0.39, 0.29) is 6.10 Å². The van der Waals surface area contributed by atoms with Crippen molar-refractivity contribution in [2.24, 2.45) is 0 Å². The van der Waals surface area contributed by atoms with Gasteiger partial charge in [0.05, 0.1) is 18.9 Å². The summed E-state index contributed by atoms with van der Waals surface area (Å²) in [5.74, 6) is 0.932. The summed E-state index contributed by atoms with van der Waals surface area (Å²) in [7, 11) is 1.71. The number of para-hydroxylation sites is 2. The number of nitrogens with zero attached hydrogens (tertiary/aromatic N) is 2. The fourth-order valence-corrected chi connectivity index (χ4v) is 2.44. The number of aliphatic hydroxyl groups excluding tert-OH is 1. The quantitative estimate of drug-likeness (QED) is 0.871. The minimum absolute atomic E-state index is 0.247. The lowest BCUT2D eigenvalue weighted by atomic mass is 10.2. The molecule has 1 atom stereocenters. The smallest absolute Gasteiger partial charge is 0.142 e. The van der Waals surface area contributed by atoms with Crippen LogP contribution in [0.1, 0.15) is 6.92 Å². The minimum Gasteiger partial charge on any atom is -0.495 e. The summed E-state index contributed by atoms with van der Waals surface area (Å²) in [5.41, 5.74) is 1.16. The van der Waals surface area contributed by atoms with Gasteiger partial charge in [-0.05, 0) is 19.1 Å². The first-order valence-electron chi connectivity index (χ1n) is 6.49. The van der Waals surface area contributed by atoms with Crippen LogP contribution in [-0.2, 0) is 0 Å². The highest BCUT2D eigenvalue weighted by molar-refractivity contribution is 5.58. The lowest BCUT2D eigenvalue weighted by molar-refractivity contribution is 0.122. The molecule has 0 spiro atoms. The highest BCUT2D eigenvalue weighted by atomic mass is 16.5. The molecular weight excluding hydrogens is 228 g/mol. The van der Waals surface area contributed by atoms with E-state index in [1.54, 1.807) is 7.11 Å². The van der Waals surface area contributed by atoms with Gasteiger partial charge in [0.15, 0.2) is 0 Å².